The minimum absolute atomic E-state index is 0.0934. The highest BCUT2D eigenvalue weighted by atomic mass is 19.4. The summed E-state index contributed by atoms with van der Waals surface area (Å²) in [5.74, 6) is -2.05. The van der Waals surface area contributed by atoms with E-state index in [0.29, 0.717) is 0 Å². The average molecular weight is 265 g/mol. The maximum absolute atomic E-state index is 13.4. The van der Waals surface area contributed by atoms with Gasteiger partial charge in [-0.25, -0.2) is 4.39 Å². The van der Waals surface area contributed by atoms with Crippen molar-refractivity contribution in [2.45, 2.75) is 18.6 Å². The normalized spacial score (nSPS) is 13.3. The molecule has 18 heavy (non-hydrogen) atoms. The molecule has 0 aliphatic rings. The Balaban J connectivity index is 2.85. The van der Waals surface area contributed by atoms with Crippen molar-refractivity contribution in [3.8, 4) is 0 Å². The van der Waals surface area contributed by atoms with Crippen LogP contribution in [-0.4, -0.2) is 23.8 Å². The molecule has 0 aliphatic carbocycles. The van der Waals surface area contributed by atoms with Gasteiger partial charge in [0.2, 0.25) is 0 Å². The van der Waals surface area contributed by atoms with E-state index in [4.69, 9.17) is 5.11 Å². The third-order valence-corrected chi connectivity index (χ3v) is 2.21. The Labute approximate surface area is 100 Å². The lowest BCUT2D eigenvalue weighted by molar-refractivity contribution is -0.139. The predicted molar refractivity (Wildman–Crippen MR) is 55.5 cm³/mol. The number of hydrogen-bond acceptors (Lipinski definition) is 2. The summed E-state index contributed by atoms with van der Waals surface area (Å²) in [5.41, 5.74) is -0.0934. The molecule has 0 saturated heterocycles. The van der Waals surface area contributed by atoms with Crippen LogP contribution in [0.4, 0.5) is 17.6 Å². The van der Waals surface area contributed by atoms with Gasteiger partial charge in [0.15, 0.2) is 0 Å². The van der Waals surface area contributed by atoms with Gasteiger partial charge in [0.25, 0.3) is 0 Å². The maximum Gasteiger partial charge on any atom is 0.401 e. The largest absolute Gasteiger partial charge is 0.481 e. The number of hydrogen-bond donors (Lipinski definition) is 2. The molecule has 100 valence electrons. The zero-order chi connectivity index (χ0) is 13.8. The summed E-state index contributed by atoms with van der Waals surface area (Å²) in [6.45, 7) is -1.38. The SMILES string of the molecule is O=C(O)CC(NCC(F)(F)F)c1ccccc1F. The van der Waals surface area contributed by atoms with E-state index in [1.165, 1.54) is 18.2 Å². The van der Waals surface area contributed by atoms with Gasteiger partial charge in [0.1, 0.15) is 5.82 Å². The van der Waals surface area contributed by atoms with E-state index in [0.717, 1.165) is 6.07 Å². The lowest BCUT2D eigenvalue weighted by Crippen LogP contribution is -2.33. The second kappa shape index (κ2) is 5.81. The summed E-state index contributed by atoms with van der Waals surface area (Å²) in [5, 5.41) is 10.6. The standard InChI is InChI=1S/C11H11F4NO2/c12-8-4-2-1-3-7(8)9(5-10(17)18)16-6-11(13,14)15/h1-4,9,16H,5-6H2,(H,17,18). The van der Waals surface area contributed by atoms with Crippen LogP contribution < -0.4 is 5.32 Å². The smallest absolute Gasteiger partial charge is 0.401 e. The third-order valence-electron chi connectivity index (χ3n) is 2.21. The van der Waals surface area contributed by atoms with Gasteiger partial charge in [-0.1, -0.05) is 18.2 Å². The second-order valence-corrected chi connectivity index (χ2v) is 3.67. The predicted octanol–water partition coefficient (Wildman–Crippen LogP) is 2.49. The molecule has 1 aromatic carbocycles. The summed E-state index contributed by atoms with van der Waals surface area (Å²) >= 11 is 0. The van der Waals surface area contributed by atoms with E-state index >= 15 is 0 Å². The fourth-order valence-corrected chi connectivity index (χ4v) is 1.46. The number of alkyl halides is 3. The van der Waals surface area contributed by atoms with Gasteiger partial charge in [0.05, 0.1) is 13.0 Å². The highest BCUT2D eigenvalue weighted by Gasteiger charge is 2.29. The lowest BCUT2D eigenvalue weighted by atomic mass is 10.0. The second-order valence-electron chi connectivity index (χ2n) is 3.67. The fraction of sp³-hybridized carbons (Fsp3) is 0.364. The van der Waals surface area contributed by atoms with Crippen molar-refractivity contribution in [3.05, 3.63) is 35.6 Å². The molecule has 1 unspecified atom stereocenters. The Hall–Kier alpha value is -1.63. The molecule has 1 rings (SSSR count). The van der Waals surface area contributed by atoms with E-state index in [1.807, 2.05) is 5.32 Å². The van der Waals surface area contributed by atoms with Crippen LogP contribution in [0.3, 0.4) is 0 Å². The monoisotopic (exact) mass is 265 g/mol. The van der Waals surface area contributed by atoms with Gasteiger partial charge in [-0.2, -0.15) is 13.2 Å². The van der Waals surface area contributed by atoms with E-state index in [1.54, 1.807) is 0 Å². The van der Waals surface area contributed by atoms with Crippen LogP contribution in [0, 0.1) is 5.82 Å². The van der Waals surface area contributed by atoms with Gasteiger partial charge >= 0.3 is 12.1 Å². The molecule has 0 radical (unpaired) electrons. The number of carboxylic acid groups (broad SMARTS) is 1. The molecule has 0 bridgehead atoms. The zero-order valence-electron chi connectivity index (χ0n) is 9.17. The molecule has 3 nitrogen and oxygen atoms in total. The van der Waals surface area contributed by atoms with Crippen LogP contribution in [0.5, 0.6) is 0 Å². The van der Waals surface area contributed by atoms with Gasteiger partial charge in [-0.05, 0) is 6.07 Å². The summed E-state index contributed by atoms with van der Waals surface area (Å²) in [6, 6.07) is 3.92. The van der Waals surface area contributed by atoms with Crippen molar-refractivity contribution >= 4 is 5.97 Å². The van der Waals surface area contributed by atoms with Crippen LogP contribution in [0.2, 0.25) is 0 Å². The molecule has 0 fully saturated rings. The number of carbonyl (C=O) groups is 1. The van der Waals surface area contributed by atoms with E-state index in [9.17, 15) is 22.4 Å². The van der Waals surface area contributed by atoms with Crippen molar-refractivity contribution in [1.29, 1.82) is 0 Å². The van der Waals surface area contributed by atoms with Crippen LogP contribution in [0.1, 0.15) is 18.0 Å². The van der Waals surface area contributed by atoms with E-state index in [2.05, 4.69) is 0 Å². The third kappa shape index (κ3) is 4.70. The number of halogens is 4. The van der Waals surface area contributed by atoms with E-state index < -0.39 is 37.0 Å². The molecule has 0 aliphatic heterocycles. The fourth-order valence-electron chi connectivity index (χ4n) is 1.46. The van der Waals surface area contributed by atoms with Crippen molar-refractivity contribution in [3.63, 3.8) is 0 Å². The highest BCUT2D eigenvalue weighted by molar-refractivity contribution is 5.68. The topological polar surface area (TPSA) is 49.3 Å². The van der Waals surface area contributed by atoms with Crippen molar-refractivity contribution in [2.75, 3.05) is 6.54 Å². The molecular weight excluding hydrogens is 254 g/mol. The first-order valence-electron chi connectivity index (χ1n) is 5.06. The molecule has 1 atom stereocenters. The number of carboxylic acids is 1. The van der Waals surface area contributed by atoms with Crippen molar-refractivity contribution in [1.82, 2.24) is 5.32 Å². The zero-order valence-corrected chi connectivity index (χ0v) is 9.17. The number of rotatable bonds is 5. The maximum atomic E-state index is 13.4. The van der Waals surface area contributed by atoms with Crippen LogP contribution in [0.25, 0.3) is 0 Å². The first kappa shape index (κ1) is 14.4. The quantitative estimate of drug-likeness (QED) is 0.804. The number of benzene rings is 1. The van der Waals surface area contributed by atoms with Gasteiger partial charge in [-0.3, -0.25) is 4.79 Å². The first-order valence-corrected chi connectivity index (χ1v) is 5.06. The molecule has 0 saturated carbocycles. The molecule has 2 N–H and O–H groups in total. The molecule has 0 aromatic heterocycles. The number of nitrogens with one attached hydrogen (secondary N) is 1. The van der Waals surface area contributed by atoms with Crippen LogP contribution in [0.15, 0.2) is 24.3 Å². The van der Waals surface area contributed by atoms with E-state index in [-0.39, 0.29) is 5.56 Å². The molecular formula is C11H11F4NO2. The summed E-state index contributed by atoms with van der Waals surface area (Å²) < 4.78 is 49.6. The lowest BCUT2D eigenvalue weighted by Gasteiger charge is -2.19. The first-order chi connectivity index (χ1) is 8.29. The summed E-state index contributed by atoms with van der Waals surface area (Å²) in [7, 11) is 0. The van der Waals surface area contributed by atoms with Crippen LogP contribution in [-0.2, 0) is 4.79 Å². The minimum atomic E-state index is -4.48. The molecule has 7 heteroatoms. The molecule has 0 heterocycles. The molecule has 0 amide bonds. The summed E-state index contributed by atoms with van der Waals surface area (Å²) in [4.78, 5) is 10.6. The van der Waals surface area contributed by atoms with Crippen LogP contribution >= 0.6 is 0 Å². The average Bonchev–Trinajstić information content (AvgIpc) is 2.23. The molecule has 0 spiro atoms. The number of aliphatic carboxylic acids is 1. The Morgan fingerprint density at radius 2 is 1.94 bits per heavy atom. The minimum Gasteiger partial charge on any atom is -0.481 e. The van der Waals surface area contributed by atoms with Gasteiger partial charge < -0.3 is 10.4 Å². The molecule has 1 aromatic rings. The van der Waals surface area contributed by atoms with Crippen molar-refractivity contribution < 1.29 is 27.5 Å². The Bertz CT molecular complexity index is 420. The summed E-state index contributed by atoms with van der Waals surface area (Å²) in [6.07, 6.45) is -5.11. The van der Waals surface area contributed by atoms with Crippen molar-refractivity contribution in [2.24, 2.45) is 0 Å². The van der Waals surface area contributed by atoms with Gasteiger partial charge in [0, 0.05) is 11.6 Å². The highest BCUT2D eigenvalue weighted by Crippen LogP contribution is 2.22. The Morgan fingerprint density at radius 1 is 1.33 bits per heavy atom. The van der Waals surface area contributed by atoms with Gasteiger partial charge in [-0.15, -0.1) is 0 Å². The Kier molecular flexibility index (Phi) is 4.66. The Morgan fingerprint density at radius 3 is 2.44 bits per heavy atom.